The van der Waals surface area contributed by atoms with Crippen molar-refractivity contribution in [3.63, 3.8) is 0 Å². The van der Waals surface area contributed by atoms with Gasteiger partial charge < -0.3 is 19.9 Å². The Morgan fingerprint density at radius 1 is 1.18 bits per heavy atom. The Hall–Kier alpha value is -1.49. The maximum atomic E-state index is 12.1. The molecular weight excluding hydrogens is 225 g/mol. The number of methoxy groups -OCH3 is 2. The lowest BCUT2D eigenvalue weighted by molar-refractivity contribution is 0.247. The second-order valence-electron chi connectivity index (χ2n) is 3.41. The molecule has 0 aliphatic rings. The summed E-state index contributed by atoms with van der Waals surface area (Å²) in [6.07, 6.45) is 0.718. The minimum atomic E-state index is -0.559. The molecule has 0 saturated carbocycles. The lowest BCUT2D eigenvalue weighted by Gasteiger charge is -2.15. The van der Waals surface area contributed by atoms with Crippen LogP contribution < -0.4 is 19.9 Å². The molecule has 0 aliphatic carbocycles. The highest BCUT2D eigenvalue weighted by Gasteiger charge is 2.13. The molecule has 0 saturated heterocycles. The van der Waals surface area contributed by atoms with Crippen molar-refractivity contribution in [3.8, 4) is 17.2 Å². The Labute approximate surface area is 100 Å². The second kappa shape index (κ2) is 6.96. The molecule has 0 radical (unpaired) electrons. The molecule has 0 aromatic heterocycles. The fourth-order valence-electron chi connectivity index (χ4n) is 1.53. The number of hydrogen-bond acceptors (Lipinski definition) is 4. The molecule has 0 spiro atoms. The molecule has 1 rings (SSSR count). The smallest absolute Gasteiger partial charge is 0.203 e. The fourth-order valence-corrected chi connectivity index (χ4v) is 1.53. The van der Waals surface area contributed by atoms with E-state index in [1.807, 2.05) is 12.1 Å². The number of nitrogens with two attached hydrogens (primary N) is 1. The van der Waals surface area contributed by atoms with Gasteiger partial charge in [0.25, 0.3) is 0 Å². The first-order valence-corrected chi connectivity index (χ1v) is 5.40. The van der Waals surface area contributed by atoms with Gasteiger partial charge in [0.15, 0.2) is 11.5 Å². The molecule has 0 aliphatic heterocycles. The highest BCUT2D eigenvalue weighted by atomic mass is 19.1. The predicted octanol–water partition coefficient (Wildman–Crippen LogP) is 1.55. The van der Waals surface area contributed by atoms with Gasteiger partial charge in [0.2, 0.25) is 5.75 Å². The standard InChI is InChI=1S/C12H18FNO3/c1-15-10-7-9(3-5-14)8-11(16-2)12(10)17-6-4-13/h7-8H,3-6,14H2,1-2H3. The number of hydrogen-bond donors (Lipinski definition) is 1. The Balaban J connectivity index is 3.07. The first-order valence-electron chi connectivity index (χ1n) is 5.40. The molecule has 0 heterocycles. The first kappa shape index (κ1) is 13.6. The van der Waals surface area contributed by atoms with Crippen LogP contribution in [0.3, 0.4) is 0 Å². The zero-order valence-corrected chi connectivity index (χ0v) is 10.2. The van der Waals surface area contributed by atoms with Crippen molar-refractivity contribution in [2.45, 2.75) is 6.42 Å². The molecule has 0 fully saturated rings. The highest BCUT2D eigenvalue weighted by molar-refractivity contribution is 5.53. The molecule has 4 nitrogen and oxygen atoms in total. The van der Waals surface area contributed by atoms with E-state index in [2.05, 4.69) is 0 Å². The van der Waals surface area contributed by atoms with E-state index in [0.29, 0.717) is 23.8 Å². The van der Waals surface area contributed by atoms with Gasteiger partial charge in [0.05, 0.1) is 14.2 Å². The van der Waals surface area contributed by atoms with Crippen molar-refractivity contribution in [1.82, 2.24) is 0 Å². The summed E-state index contributed by atoms with van der Waals surface area (Å²) >= 11 is 0. The van der Waals surface area contributed by atoms with Gasteiger partial charge in [0.1, 0.15) is 13.3 Å². The van der Waals surface area contributed by atoms with Crippen LogP contribution in [0.2, 0.25) is 0 Å². The first-order chi connectivity index (χ1) is 8.26. The Morgan fingerprint density at radius 2 is 1.76 bits per heavy atom. The van der Waals surface area contributed by atoms with E-state index in [1.165, 1.54) is 14.2 Å². The predicted molar refractivity (Wildman–Crippen MR) is 63.8 cm³/mol. The summed E-state index contributed by atoms with van der Waals surface area (Å²) in [7, 11) is 3.06. The number of halogens is 1. The minimum absolute atomic E-state index is 0.0248. The van der Waals surface area contributed by atoms with Crippen LogP contribution in [-0.2, 0) is 6.42 Å². The summed E-state index contributed by atoms with van der Waals surface area (Å²) in [5.74, 6) is 1.48. The van der Waals surface area contributed by atoms with Crippen molar-refractivity contribution in [1.29, 1.82) is 0 Å². The molecule has 1 aromatic rings. The molecule has 0 bridgehead atoms. The quantitative estimate of drug-likeness (QED) is 0.789. The monoisotopic (exact) mass is 243 g/mol. The summed E-state index contributed by atoms with van der Waals surface area (Å²) in [5, 5.41) is 0. The summed E-state index contributed by atoms with van der Waals surface area (Å²) in [6, 6.07) is 3.64. The van der Waals surface area contributed by atoms with Gasteiger partial charge in [0, 0.05) is 0 Å². The average Bonchev–Trinajstić information content (AvgIpc) is 2.36. The Morgan fingerprint density at radius 3 is 2.18 bits per heavy atom. The van der Waals surface area contributed by atoms with Crippen LogP contribution in [0.5, 0.6) is 17.2 Å². The maximum absolute atomic E-state index is 12.1. The van der Waals surface area contributed by atoms with E-state index in [4.69, 9.17) is 19.9 Å². The average molecular weight is 243 g/mol. The second-order valence-corrected chi connectivity index (χ2v) is 3.41. The van der Waals surface area contributed by atoms with Gasteiger partial charge in [-0.15, -0.1) is 0 Å². The van der Waals surface area contributed by atoms with E-state index in [0.717, 1.165) is 12.0 Å². The van der Waals surface area contributed by atoms with Gasteiger partial charge in [-0.25, -0.2) is 4.39 Å². The summed E-state index contributed by atoms with van der Waals surface area (Å²) in [5.41, 5.74) is 6.49. The molecule has 0 unspecified atom stereocenters. The Kier molecular flexibility index (Phi) is 5.56. The topological polar surface area (TPSA) is 53.7 Å². The number of ether oxygens (including phenoxy) is 3. The maximum Gasteiger partial charge on any atom is 0.203 e. The third kappa shape index (κ3) is 3.49. The van der Waals surface area contributed by atoms with Crippen molar-refractivity contribution in [2.75, 3.05) is 34.0 Å². The van der Waals surface area contributed by atoms with Crippen LogP contribution in [0.15, 0.2) is 12.1 Å². The highest BCUT2D eigenvalue weighted by Crippen LogP contribution is 2.38. The molecule has 0 amide bonds. The van der Waals surface area contributed by atoms with E-state index in [1.54, 1.807) is 0 Å². The number of rotatable bonds is 7. The zero-order valence-electron chi connectivity index (χ0n) is 10.2. The molecule has 17 heavy (non-hydrogen) atoms. The zero-order chi connectivity index (χ0) is 12.7. The van der Waals surface area contributed by atoms with Gasteiger partial charge in [-0.1, -0.05) is 0 Å². The molecule has 2 N–H and O–H groups in total. The van der Waals surface area contributed by atoms with Crippen LogP contribution in [-0.4, -0.2) is 34.0 Å². The number of benzene rings is 1. The Bertz CT molecular complexity index is 333. The lowest BCUT2D eigenvalue weighted by Crippen LogP contribution is -2.06. The van der Waals surface area contributed by atoms with Crippen LogP contribution in [0.25, 0.3) is 0 Å². The summed E-state index contributed by atoms with van der Waals surface area (Å²) < 4.78 is 27.8. The van der Waals surface area contributed by atoms with Gasteiger partial charge >= 0.3 is 0 Å². The van der Waals surface area contributed by atoms with Crippen LogP contribution >= 0.6 is 0 Å². The van der Waals surface area contributed by atoms with E-state index in [9.17, 15) is 4.39 Å². The van der Waals surface area contributed by atoms with Crippen molar-refractivity contribution < 1.29 is 18.6 Å². The van der Waals surface area contributed by atoms with Crippen molar-refractivity contribution in [2.24, 2.45) is 5.73 Å². The summed E-state index contributed by atoms with van der Waals surface area (Å²) in [4.78, 5) is 0. The molecular formula is C12H18FNO3. The van der Waals surface area contributed by atoms with Gasteiger partial charge in [-0.2, -0.15) is 0 Å². The minimum Gasteiger partial charge on any atom is -0.493 e. The van der Waals surface area contributed by atoms with E-state index in [-0.39, 0.29) is 6.61 Å². The summed E-state index contributed by atoms with van der Waals surface area (Å²) in [6.45, 7) is -0.0448. The van der Waals surface area contributed by atoms with Gasteiger partial charge in [-0.3, -0.25) is 0 Å². The lowest BCUT2D eigenvalue weighted by atomic mass is 10.1. The third-order valence-corrected chi connectivity index (χ3v) is 2.28. The normalized spacial score (nSPS) is 10.1. The number of alkyl halides is 1. The van der Waals surface area contributed by atoms with Crippen LogP contribution in [0.4, 0.5) is 4.39 Å². The van der Waals surface area contributed by atoms with Crippen molar-refractivity contribution >= 4 is 0 Å². The van der Waals surface area contributed by atoms with E-state index < -0.39 is 6.67 Å². The van der Waals surface area contributed by atoms with Gasteiger partial charge in [-0.05, 0) is 30.7 Å². The third-order valence-electron chi connectivity index (χ3n) is 2.28. The molecule has 5 heteroatoms. The van der Waals surface area contributed by atoms with Crippen LogP contribution in [0, 0.1) is 0 Å². The molecule has 0 atom stereocenters. The van der Waals surface area contributed by atoms with Crippen LogP contribution in [0.1, 0.15) is 5.56 Å². The van der Waals surface area contributed by atoms with Crippen molar-refractivity contribution in [3.05, 3.63) is 17.7 Å². The fraction of sp³-hybridized carbons (Fsp3) is 0.500. The molecule has 96 valence electrons. The largest absolute Gasteiger partial charge is 0.493 e. The SMILES string of the molecule is COc1cc(CCN)cc(OC)c1OCCF. The molecule has 1 aromatic carbocycles. The van der Waals surface area contributed by atoms with E-state index >= 15 is 0 Å².